The Balaban J connectivity index is 1.58. The van der Waals surface area contributed by atoms with Crippen molar-refractivity contribution in [1.29, 1.82) is 0 Å². The van der Waals surface area contributed by atoms with Gasteiger partial charge in [0.2, 0.25) is 0 Å². The van der Waals surface area contributed by atoms with Gasteiger partial charge in [0.15, 0.2) is 0 Å². The number of nitrogens with zero attached hydrogens (tertiary/aromatic N) is 3. The fourth-order valence-electron chi connectivity index (χ4n) is 3.55. The van der Waals surface area contributed by atoms with Gasteiger partial charge in [0.25, 0.3) is 0 Å². The van der Waals surface area contributed by atoms with Crippen LogP contribution in [0.5, 0.6) is 0 Å². The van der Waals surface area contributed by atoms with E-state index in [2.05, 4.69) is 40.8 Å². The molecule has 2 saturated heterocycles. The summed E-state index contributed by atoms with van der Waals surface area (Å²) >= 11 is 0. The summed E-state index contributed by atoms with van der Waals surface area (Å²) in [6.45, 7) is 10.5. The van der Waals surface area contributed by atoms with Crippen LogP contribution in [0, 0.1) is 6.92 Å². The van der Waals surface area contributed by atoms with Gasteiger partial charge in [-0.25, -0.2) is 0 Å². The van der Waals surface area contributed by atoms with Crippen LogP contribution in [0.3, 0.4) is 0 Å². The van der Waals surface area contributed by atoms with Crippen molar-refractivity contribution in [3.05, 3.63) is 29.6 Å². The van der Waals surface area contributed by atoms with Crippen LogP contribution < -0.4 is 0 Å². The molecule has 4 nitrogen and oxygen atoms in total. The van der Waals surface area contributed by atoms with Gasteiger partial charge < -0.3 is 4.74 Å². The average molecular weight is 289 g/mol. The third-order valence-corrected chi connectivity index (χ3v) is 4.68. The van der Waals surface area contributed by atoms with Crippen molar-refractivity contribution < 1.29 is 4.74 Å². The van der Waals surface area contributed by atoms with Gasteiger partial charge in [-0.1, -0.05) is 19.4 Å². The van der Waals surface area contributed by atoms with E-state index < -0.39 is 0 Å². The van der Waals surface area contributed by atoms with Crippen molar-refractivity contribution >= 4 is 0 Å². The van der Waals surface area contributed by atoms with Crippen LogP contribution in [0.4, 0.5) is 0 Å². The molecule has 1 aromatic rings. The van der Waals surface area contributed by atoms with Crippen LogP contribution in [0.15, 0.2) is 18.3 Å². The predicted molar refractivity (Wildman–Crippen MR) is 84.3 cm³/mol. The molecule has 3 heterocycles. The third kappa shape index (κ3) is 3.62. The van der Waals surface area contributed by atoms with Crippen LogP contribution in [-0.2, 0) is 11.3 Å². The Morgan fingerprint density at radius 3 is 2.95 bits per heavy atom. The largest absolute Gasteiger partial charge is 0.378 e. The zero-order valence-electron chi connectivity index (χ0n) is 13.3. The number of hydrogen-bond donors (Lipinski definition) is 0. The van der Waals surface area contributed by atoms with Gasteiger partial charge in [0, 0.05) is 44.5 Å². The number of ether oxygens (including phenoxy) is 1. The summed E-state index contributed by atoms with van der Waals surface area (Å²) in [4.78, 5) is 9.75. The highest BCUT2D eigenvalue weighted by atomic mass is 16.5. The van der Waals surface area contributed by atoms with Gasteiger partial charge in [-0.3, -0.25) is 14.8 Å². The number of pyridine rings is 1. The maximum absolute atomic E-state index is 5.83. The Kier molecular flexibility index (Phi) is 4.88. The molecule has 0 aliphatic carbocycles. The van der Waals surface area contributed by atoms with E-state index in [0.717, 1.165) is 32.8 Å². The molecular formula is C17H27N3O. The van der Waals surface area contributed by atoms with E-state index in [-0.39, 0.29) is 0 Å². The second-order valence-electron chi connectivity index (χ2n) is 6.43. The first-order valence-corrected chi connectivity index (χ1v) is 8.23. The van der Waals surface area contributed by atoms with E-state index in [4.69, 9.17) is 4.74 Å². The minimum Gasteiger partial charge on any atom is -0.378 e. The molecule has 0 unspecified atom stereocenters. The smallest absolute Gasteiger partial charge is 0.0635 e. The van der Waals surface area contributed by atoms with Crippen LogP contribution in [0.1, 0.15) is 31.0 Å². The van der Waals surface area contributed by atoms with E-state index in [1.54, 1.807) is 0 Å². The van der Waals surface area contributed by atoms with Crippen LogP contribution in [0.25, 0.3) is 0 Å². The summed E-state index contributed by atoms with van der Waals surface area (Å²) in [5.41, 5.74) is 2.41. The second kappa shape index (κ2) is 6.86. The molecule has 4 heteroatoms. The maximum Gasteiger partial charge on any atom is 0.0635 e. The van der Waals surface area contributed by atoms with Gasteiger partial charge in [-0.15, -0.1) is 0 Å². The fourth-order valence-corrected chi connectivity index (χ4v) is 3.55. The minimum atomic E-state index is 0.564. The molecule has 21 heavy (non-hydrogen) atoms. The predicted octanol–water partition coefficient (Wildman–Crippen LogP) is 2.08. The lowest BCUT2D eigenvalue weighted by atomic mass is 10.0. The molecule has 0 saturated carbocycles. The van der Waals surface area contributed by atoms with Crippen molar-refractivity contribution in [2.75, 3.05) is 32.8 Å². The Morgan fingerprint density at radius 2 is 2.19 bits per heavy atom. The number of morpholine rings is 1. The summed E-state index contributed by atoms with van der Waals surface area (Å²) < 4.78 is 5.83. The number of hydrogen-bond acceptors (Lipinski definition) is 4. The van der Waals surface area contributed by atoms with Crippen molar-refractivity contribution in [1.82, 2.24) is 14.8 Å². The number of rotatable bonds is 4. The highest BCUT2D eigenvalue weighted by Gasteiger charge is 2.34. The molecule has 2 fully saturated rings. The van der Waals surface area contributed by atoms with Crippen LogP contribution >= 0.6 is 0 Å². The molecular weight excluding hydrogens is 262 g/mol. The maximum atomic E-state index is 5.83. The SMILES string of the molecule is CCC[C@H]1COC[C@H]2CN(Cc3ccc(C)cn3)CCN12. The van der Waals surface area contributed by atoms with E-state index >= 15 is 0 Å². The normalized spacial score (nSPS) is 27.5. The van der Waals surface area contributed by atoms with Gasteiger partial charge in [-0.05, 0) is 25.0 Å². The van der Waals surface area contributed by atoms with Crippen LogP contribution in [-0.4, -0.2) is 59.7 Å². The van der Waals surface area contributed by atoms with Gasteiger partial charge in [0.05, 0.1) is 18.9 Å². The molecule has 0 spiro atoms. The lowest BCUT2D eigenvalue weighted by Gasteiger charge is -2.48. The molecule has 0 radical (unpaired) electrons. The highest BCUT2D eigenvalue weighted by Crippen LogP contribution is 2.22. The lowest BCUT2D eigenvalue weighted by Crippen LogP contribution is -2.61. The topological polar surface area (TPSA) is 28.6 Å². The molecule has 2 aliphatic rings. The third-order valence-electron chi connectivity index (χ3n) is 4.68. The molecule has 0 amide bonds. The highest BCUT2D eigenvalue weighted by molar-refractivity contribution is 5.12. The molecule has 0 N–H and O–H groups in total. The average Bonchev–Trinajstić information content (AvgIpc) is 2.50. The lowest BCUT2D eigenvalue weighted by molar-refractivity contribution is -0.0842. The fraction of sp³-hybridized carbons (Fsp3) is 0.706. The zero-order chi connectivity index (χ0) is 14.7. The van der Waals surface area contributed by atoms with Crippen molar-refractivity contribution in [2.45, 2.75) is 45.3 Å². The first-order valence-electron chi connectivity index (χ1n) is 8.23. The Labute approximate surface area is 128 Å². The second-order valence-corrected chi connectivity index (χ2v) is 6.43. The van der Waals surface area contributed by atoms with Crippen LogP contribution in [0.2, 0.25) is 0 Å². The summed E-state index contributed by atoms with van der Waals surface area (Å²) in [6, 6.07) is 5.50. The Hall–Kier alpha value is -0.970. The van der Waals surface area contributed by atoms with Crippen molar-refractivity contribution in [3.63, 3.8) is 0 Å². The summed E-state index contributed by atoms with van der Waals surface area (Å²) in [5.74, 6) is 0. The standard InChI is InChI=1S/C17H27N3O/c1-3-4-16-12-21-13-17-11-19(7-8-20(16)17)10-15-6-5-14(2)9-18-15/h5-6,9,16-17H,3-4,7-8,10-13H2,1-2H3/t16-,17+/m0/s1. The minimum absolute atomic E-state index is 0.564. The van der Waals surface area contributed by atoms with E-state index in [0.29, 0.717) is 12.1 Å². The molecule has 0 aromatic carbocycles. The summed E-state index contributed by atoms with van der Waals surface area (Å²) in [6.07, 6.45) is 4.47. The Morgan fingerprint density at radius 1 is 1.29 bits per heavy atom. The molecule has 2 atom stereocenters. The molecule has 3 rings (SSSR count). The number of aromatic nitrogens is 1. The Bertz CT molecular complexity index is 446. The van der Waals surface area contributed by atoms with Gasteiger partial charge in [0.1, 0.15) is 0 Å². The van der Waals surface area contributed by atoms with Crippen molar-refractivity contribution in [3.8, 4) is 0 Å². The zero-order valence-corrected chi connectivity index (χ0v) is 13.3. The van der Waals surface area contributed by atoms with E-state index in [1.807, 2.05) is 6.20 Å². The summed E-state index contributed by atoms with van der Waals surface area (Å²) in [7, 11) is 0. The molecule has 116 valence electrons. The quantitative estimate of drug-likeness (QED) is 0.848. The first kappa shape index (κ1) is 14.9. The van der Waals surface area contributed by atoms with Crippen molar-refractivity contribution in [2.24, 2.45) is 0 Å². The number of piperazine rings is 1. The monoisotopic (exact) mass is 289 g/mol. The number of fused-ring (bicyclic) bond motifs is 1. The number of aryl methyl sites for hydroxylation is 1. The van der Waals surface area contributed by atoms with Gasteiger partial charge >= 0.3 is 0 Å². The summed E-state index contributed by atoms with van der Waals surface area (Å²) in [5, 5.41) is 0. The molecule has 2 aliphatic heterocycles. The van der Waals surface area contributed by atoms with E-state index in [9.17, 15) is 0 Å². The van der Waals surface area contributed by atoms with Gasteiger partial charge in [-0.2, -0.15) is 0 Å². The molecule has 1 aromatic heterocycles. The molecule has 0 bridgehead atoms. The first-order chi connectivity index (χ1) is 10.3. The van der Waals surface area contributed by atoms with E-state index in [1.165, 1.54) is 30.6 Å².